The van der Waals surface area contributed by atoms with Gasteiger partial charge in [-0.1, -0.05) is 18.2 Å². The van der Waals surface area contributed by atoms with E-state index in [9.17, 15) is 18.0 Å². The van der Waals surface area contributed by atoms with E-state index in [0.717, 1.165) is 17.7 Å². The van der Waals surface area contributed by atoms with Gasteiger partial charge in [-0.3, -0.25) is 9.59 Å². The molecule has 2 aliphatic heterocycles. The molecule has 0 saturated carbocycles. The normalized spacial score (nSPS) is 19.3. The smallest absolute Gasteiger partial charge is 0.259 e. The number of anilines is 1. The highest BCUT2D eigenvalue weighted by atomic mass is 32.2. The van der Waals surface area contributed by atoms with Crippen molar-refractivity contribution < 1.29 is 17.9 Å². The summed E-state index contributed by atoms with van der Waals surface area (Å²) in [7, 11) is -3.75. The highest BCUT2D eigenvalue weighted by molar-refractivity contribution is 7.89. The maximum Gasteiger partial charge on any atom is 0.259 e. The molecule has 1 fully saturated rings. The molecule has 0 spiro atoms. The predicted molar refractivity (Wildman–Crippen MR) is 121 cm³/mol. The van der Waals surface area contributed by atoms with E-state index in [2.05, 4.69) is 4.98 Å². The first kappa shape index (κ1) is 20.9. The quantitative estimate of drug-likeness (QED) is 0.655. The van der Waals surface area contributed by atoms with Gasteiger partial charge in [0.05, 0.1) is 23.7 Å². The van der Waals surface area contributed by atoms with Gasteiger partial charge in [0.25, 0.3) is 5.91 Å². The van der Waals surface area contributed by atoms with Crippen molar-refractivity contribution in [3.63, 3.8) is 0 Å². The van der Waals surface area contributed by atoms with Crippen molar-refractivity contribution >= 4 is 32.5 Å². The second-order valence-electron chi connectivity index (χ2n) is 8.13. The topological polar surface area (TPSA) is 99.8 Å². The molecule has 0 aliphatic carbocycles. The van der Waals surface area contributed by atoms with Crippen LogP contribution in [0, 0.1) is 0 Å². The van der Waals surface area contributed by atoms with Crippen LogP contribution in [0.2, 0.25) is 0 Å². The largest absolute Gasteiger partial charge is 0.379 e. The van der Waals surface area contributed by atoms with Crippen molar-refractivity contribution in [2.75, 3.05) is 31.2 Å². The van der Waals surface area contributed by atoms with Crippen LogP contribution in [0.1, 0.15) is 22.8 Å². The van der Waals surface area contributed by atoms with E-state index in [-0.39, 0.29) is 35.5 Å². The van der Waals surface area contributed by atoms with Crippen LogP contribution >= 0.6 is 0 Å². The lowest BCUT2D eigenvalue weighted by atomic mass is 10.1. The number of morpholine rings is 1. The number of nitrogens with zero attached hydrogens (tertiary/aromatic N) is 2. The number of benzene rings is 2. The number of amides is 1. The summed E-state index contributed by atoms with van der Waals surface area (Å²) in [4.78, 5) is 30.4. The number of hydrogen-bond acceptors (Lipinski definition) is 5. The molecule has 0 bridgehead atoms. The maximum absolute atomic E-state index is 13.6. The molecular weight excluding hydrogens is 430 g/mol. The molecule has 5 rings (SSSR count). The van der Waals surface area contributed by atoms with Crippen LogP contribution in [0.4, 0.5) is 5.69 Å². The summed E-state index contributed by atoms with van der Waals surface area (Å²) < 4.78 is 33.0. The Morgan fingerprint density at radius 3 is 2.62 bits per heavy atom. The van der Waals surface area contributed by atoms with Crippen LogP contribution in [-0.2, 0) is 21.2 Å². The number of nitrogens with one attached hydrogen (secondary N) is 1. The summed E-state index contributed by atoms with van der Waals surface area (Å²) >= 11 is 0. The third kappa shape index (κ3) is 3.42. The summed E-state index contributed by atoms with van der Waals surface area (Å²) in [6, 6.07) is 13.4. The van der Waals surface area contributed by atoms with E-state index in [1.807, 2.05) is 31.2 Å². The Labute approximate surface area is 185 Å². The molecule has 8 nitrogen and oxygen atoms in total. The molecule has 32 heavy (non-hydrogen) atoms. The SMILES string of the molecule is CC1Cc2ccccc2N1C(=O)c1cc(=O)[nH]c2ccc(S(=O)(=O)N3CCOCC3)cc12. The molecule has 1 aromatic heterocycles. The van der Waals surface area contributed by atoms with Gasteiger partial charge in [0.15, 0.2) is 0 Å². The molecule has 1 N–H and O–H groups in total. The number of carbonyl (C=O) groups excluding carboxylic acids is 1. The van der Waals surface area contributed by atoms with Gasteiger partial charge >= 0.3 is 0 Å². The van der Waals surface area contributed by atoms with Crippen molar-refractivity contribution in [2.24, 2.45) is 0 Å². The molecule has 2 aromatic carbocycles. The number of fused-ring (bicyclic) bond motifs is 2. The minimum atomic E-state index is -3.75. The predicted octanol–water partition coefficient (Wildman–Crippen LogP) is 2.14. The van der Waals surface area contributed by atoms with E-state index < -0.39 is 15.6 Å². The van der Waals surface area contributed by atoms with E-state index in [1.165, 1.54) is 22.5 Å². The molecule has 1 atom stereocenters. The number of para-hydroxylation sites is 1. The highest BCUT2D eigenvalue weighted by Crippen LogP contribution is 2.34. The number of rotatable bonds is 3. The molecule has 1 saturated heterocycles. The van der Waals surface area contributed by atoms with Crippen LogP contribution in [0.5, 0.6) is 0 Å². The van der Waals surface area contributed by atoms with Crippen LogP contribution in [0.25, 0.3) is 10.9 Å². The molecule has 3 heterocycles. The first-order valence-corrected chi connectivity index (χ1v) is 12.0. The molecule has 3 aromatic rings. The third-order valence-corrected chi connectivity index (χ3v) is 7.97. The van der Waals surface area contributed by atoms with Crippen LogP contribution < -0.4 is 10.5 Å². The van der Waals surface area contributed by atoms with Crippen molar-refractivity contribution in [3.05, 3.63) is 70.0 Å². The zero-order valence-corrected chi connectivity index (χ0v) is 18.4. The Morgan fingerprint density at radius 1 is 1.09 bits per heavy atom. The lowest BCUT2D eigenvalue weighted by molar-refractivity contribution is 0.0730. The van der Waals surface area contributed by atoms with Gasteiger partial charge in [-0.2, -0.15) is 4.31 Å². The lowest BCUT2D eigenvalue weighted by Gasteiger charge is -2.26. The second kappa shape index (κ2) is 7.84. The van der Waals surface area contributed by atoms with Gasteiger partial charge < -0.3 is 14.6 Å². The number of aromatic amines is 1. The molecule has 1 amide bonds. The van der Waals surface area contributed by atoms with Gasteiger partial charge in [-0.05, 0) is 43.2 Å². The van der Waals surface area contributed by atoms with Gasteiger partial charge in [0.2, 0.25) is 15.6 Å². The fourth-order valence-corrected chi connectivity index (χ4v) is 5.95. The second-order valence-corrected chi connectivity index (χ2v) is 10.1. The van der Waals surface area contributed by atoms with Crippen LogP contribution in [-0.4, -0.2) is 56.0 Å². The number of hydrogen-bond donors (Lipinski definition) is 1. The Bertz CT molecular complexity index is 1380. The Kier molecular flexibility index (Phi) is 5.11. The highest BCUT2D eigenvalue weighted by Gasteiger charge is 2.33. The zero-order valence-electron chi connectivity index (χ0n) is 17.6. The third-order valence-electron chi connectivity index (χ3n) is 6.08. The number of H-pyrrole nitrogens is 1. The molecule has 0 radical (unpaired) electrons. The van der Waals surface area contributed by atoms with E-state index >= 15 is 0 Å². The van der Waals surface area contributed by atoms with Crippen LogP contribution in [0.15, 0.2) is 58.2 Å². The number of pyridine rings is 1. The van der Waals surface area contributed by atoms with Crippen molar-refractivity contribution in [1.82, 2.24) is 9.29 Å². The van der Waals surface area contributed by atoms with Gasteiger partial charge in [0, 0.05) is 41.8 Å². The van der Waals surface area contributed by atoms with Crippen molar-refractivity contribution in [1.29, 1.82) is 0 Å². The van der Waals surface area contributed by atoms with Gasteiger partial charge in [-0.25, -0.2) is 8.42 Å². The van der Waals surface area contributed by atoms with Crippen LogP contribution in [0.3, 0.4) is 0 Å². The number of carbonyl (C=O) groups is 1. The Balaban J connectivity index is 1.63. The van der Waals surface area contributed by atoms with E-state index in [0.29, 0.717) is 24.1 Å². The first-order valence-electron chi connectivity index (χ1n) is 10.5. The van der Waals surface area contributed by atoms with Crippen molar-refractivity contribution in [2.45, 2.75) is 24.3 Å². The monoisotopic (exact) mass is 453 g/mol. The molecule has 2 aliphatic rings. The average molecular weight is 454 g/mol. The minimum Gasteiger partial charge on any atom is -0.379 e. The number of aromatic nitrogens is 1. The summed E-state index contributed by atoms with van der Waals surface area (Å²) in [6.07, 6.45) is 0.722. The summed E-state index contributed by atoms with van der Waals surface area (Å²) in [5.41, 5.74) is 2.08. The van der Waals surface area contributed by atoms with E-state index in [1.54, 1.807) is 11.0 Å². The van der Waals surface area contributed by atoms with Gasteiger partial charge in [0.1, 0.15) is 0 Å². The lowest BCUT2D eigenvalue weighted by Crippen LogP contribution is -2.40. The van der Waals surface area contributed by atoms with Crippen molar-refractivity contribution in [3.8, 4) is 0 Å². The molecule has 166 valence electrons. The fraction of sp³-hybridized carbons (Fsp3) is 0.304. The van der Waals surface area contributed by atoms with Gasteiger partial charge in [-0.15, -0.1) is 0 Å². The standard InChI is InChI=1S/C23H23N3O5S/c1-15-12-16-4-2-3-5-21(16)26(15)23(28)19-14-22(27)24-20-7-6-17(13-18(19)20)32(29,30)25-8-10-31-11-9-25/h2-7,13-15H,8-12H2,1H3,(H,24,27). The zero-order chi connectivity index (χ0) is 22.5. The maximum atomic E-state index is 13.6. The number of sulfonamides is 1. The number of ether oxygens (including phenoxy) is 1. The average Bonchev–Trinajstić information content (AvgIpc) is 3.14. The minimum absolute atomic E-state index is 0.0745. The summed E-state index contributed by atoms with van der Waals surface area (Å²) in [5.74, 6) is -0.320. The molecule has 9 heteroatoms. The molecule has 1 unspecified atom stereocenters. The Hall–Kier alpha value is -3.01. The first-order chi connectivity index (χ1) is 15.4. The Morgan fingerprint density at radius 2 is 1.84 bits per heavy atom. The summed E-state index contributed by atoms with van der Waals surface area (Å²) in [6.45, 7) is 3.20. The molecular formula is C23H23N3O5S. The fourth-order valence-electron chi connectivity index (χ4n) is 4.51. The summed E-state index contributed by atoms with van der Waals surface area (Å²) in [5, 5.41) is 0.403. The van der Waals surface area contributed by atoms with E-state index in [4.69, 9.17) is 4.74 Å².